The molecule has 1 saturated heterocycles. The lowest BCUT2D eigenvalue weighted by molar-refractivity contribution is 0.365. The van der Waals surface area contributed by atoms with Crippen LogP contribution in [0.5, 0.6) is 0 Å². The van der Waals surface area contributed by atoms with E-state index < -0.39 is 0 Å². The van der Waals surface area contributed by atoms with Gasteiger partial charge in [0.1, 0.15) is 23.5 Å². The first-order valence-corrected chi connectivity index (χ1v) is 12.4. The molecule has 10 nitrogen and oxygen atoms in total. The van der Waals surface area contributed by atoms with Gasteiger partial charge in [-0.1, -0.05) is 5.16 Å². The summed E-state index contributed by atoms with van der Waals surface area (Å²) in [6.07, 6.45) is 7.79. The van der Waals surface area contributed by atoms with Crippen molar-refractivity contribution in [1.82, 2.24) is 40.2 Å². The molecule has 6 rings (SSSR count). The van der Waals surface area contributed by atoms with Crippen LogP contribution in [0, 0.1) is 6.92 Å². The highest BCUT2D eigenvalue weighted by atomic mass is 16.5. The minimum atomic E-state index is -0.315. The molecule has 0 radical (unpaired) electrons. The van der Waals surface area contributed by atoms with Crippen LogP contribution in [0.25, 0.3) is 33.8 Å². The number of anilines is 1. The number of hydrogen-bond donors (Lipinski definition) is 2. The molecular weight excluding hydrogens is 442 g/mol. The molecule has 2 fully saturated rings. The fraction of sp³-hybridized carbons (Fsp3) is 0.520. The van der Waals surface area contributed by atoms with Crippen molar-refractivity contribution < 1.29 is 4.52 Å². The van der Waals surface area contributed by atoms with E-state index in [2.05, 4.69) is 48.1 Å². The number of piperidine rings is 1. The summed E-state index contributed by atoms with van der Waals surface area (Å²) in [5.41, 5.74) is 10.9. The number of hydrogen-bond acceptors (Lipinski definition) is 9. The molecule has 4 aromatic heterocycles. The number of nitrogen functional groups attached to an aromatic ring is 1. The van der Waals surface area contributed by atoms with E-state index in [-0.39, 0.29) is 5.54 Å². The molecule has 1 saturated carbocycles. The van der Waals surface area contributed by atoms with Gasteiger partial charge in [0.05, 0.1) is 16.5 Å². The second-order valence-electron chi connectivity index (χ2n) is 10.7. The third-order valence-corrected chi connectivity index (χ3v) is 7.04. The standard InChI is InChI=1S/C25H31N9O/c1-13-16(14-7-9-27-10-8-14)11-28-23(31-13)17-20(33-35-21(17)15-5-6-15)19-18-22(26)29-12-30-24(18)34(32-19)25(2,3)4/h11-12,14-15,27H,5-10H2,1-4H3,(H2,26,29,30). The molecule has 5 heterocycles. The van der Waals surface area contributed by atoms with E-state index in [4.69, 9.17) is 25.3 Å². The summed E-state index contributed by atoms with van der Waals surface area (Å²) in [4.78, 5) is 18.6. The monoisotopic (exact) mass is 473 g/mol. The summed E-state index contributed by atoms with van der Waals surface area (Å²) >= 11 is 0. The maximum Gasteiger partial charge on any atom is 0.165 e. The molecular formula is C25H31N9O. The van der Waals surface area contributed by atoms with Crippen LogP contribution >= 0.6 is 0 Å². The highest BCUT2D eigenvalue weighted by molar-refractivity contribution is 6.00. The molecule has 10 heteroatoms. The molecule has 2 aliphatic rings. The number of aromatic nitrogens is 7. The highest BCUT2D eigenvalue weighted by Gasteiger charge is 2.36. The number of aryl methyl sites for hydroxylation is 1. The minimum absolute atomic E-state index is 0.315. The predicted molar refractivity (Wildman–Crippen MR) is 133 cm³/mol. The number of nitrogens with two attached hydrogens (primary N) is 1. The summed E-state index contributed by atoms with van der Waals surface area (Å²) in [6, 6.07) is 0. The Balaban J connectivity index is 1.53. The first kappa shape index (κ1) is 22.1. The summed E-state index contributed by atoms with van der Waals surface area (Å²) in [7, 11) is 0. The molecule has 0 spiro atoms. The van der Waals surface area contributed by atoms with Gasteiger partial charge in [-0.15, -0.1) is 0 Å². The fourth-order valence-corrected chi connectivity index (χ4v) is 5.04. The first-order chi connectivity index (χ1) is 16.8. The highest BCUT2D eigenvalue weighted by Crippen LogP contribution is 2.48. The third kappa shape index (κ3) is 3.76. The normalized spacial score (nSPS) is 17.4. The van der Waals surface area contributed by atoms with Crippen molar-refractivity contribution in [1.29, 1.82) is 0 Å². The van der Waals surface area contributed by atoms with E-state index in [9.17, 15) is 0 Å². The van der Waals surface area contributed by atoms with Crippen LogP contribution in [0.2, 0.25) is 0 Å². The van der Waals surface area contributed by atoms with Crippen LogP contribution < -0.4 is 11.1 Å². The maximum atomic E-state index is 6.35. The Labute approximate surface area is 203 Å². The van der Waals surface area contributed by atoms with Crippen molar-refractivity contribution in [2.24, 2.45) is 0 Å². The summed E-state index contributed by atoms with van der Waals surface area (Å²) in [5, 5.41) is 13.5. The Hall–Kier alpha value is -3.40. The van der Waals surface area contributed by atoms with Gasteiger partial charge < -0.3 is 15.6 Å². The van der Waals surface area contributed by atoms with Gasteiger partial charge in [0.2, 0.25) is 0 Å². The molecule has 0 aromatic carbocycles. The number of nitrogens with zero attached hydrogens (tertiary/aromatic N) is 7. The van der Waals surface area contributed by atoms with Crippen molar-refractivity contribution in [2.45, 2.75) is 70.8 Å². The second kappa shape index (κ2) is 8.08. The Bertz CT molecular complexity index is 1400. The van der Waals surface area contributed by atoms with E-state index in [1.165, 1.54) is 11.9 Å². The van der Waals surface area contributed by atoms with E-state index >= 15 is 0 Å². The van der Waals surface area contributed by atoms with E-state index in [1.54, 1.807) is 0 Å². The molecule has 1 aliphatic heterocycles. The quantitative estimate of drug-likeness (QED) is 0.452. The molecule has 0 bridgehead atoms. The topological polar surface area (TPSA) is 133 Å². The van der Waals surface area contributed by atoms with E-state index in [1.807, 2.05) is 10.9 Å². The fourth-order valence-electron chi connectivity index (χ4n) is 5.04. The van der Waals surface area contributed by atoms with Gasteiger partial charge >= 0.3 is 0 Å². The number of nitrogens with one attached hydrogen (secondary N) is 1. The smallest absolute Gasteiger partial charge is 0.165 e. The van der Waals surface area contributed by atoms with Crippen LogP contribution in [0.1, 0.15) is 75.3 Å². The van der Waals surface area contributed by atoms with E-state index in [0.29, 0.717) is 45.9 Å². The molecule has 0 amide bonds. The predicted octanol–water partition coefficient (Wildman–Crippen LogP) is 3.93. The van der Waals surface area contributed by atoms with Crippen LogP contribution in [0.3, 0.4) is 0 Å². The third-order valence-electron chi connectivity index (χ3n) is 7.04. The number of rotatable bonds is 4. The average Bonchev–Trinajstić information content (AvgIpc) is 3.44. The van der Waals surface area contributed by atoms with Crippen LogP contribution in [0.15, 0.2) is 17.0 Å². The van der Waals surface area contributed by atoms with Crippen LogP contribution in [-0.4, -0.2) is 48.0 Å². The van der Waals surface area contributed by atoms with Gasteiger partial charge in [-0.05, 0) is 77.9 Å². The first-order valence-electron chi connectivity index (χ1n) is 12.4. The second-order valence-corrected chi connectivity index (χ2v) is 10.7. The molecule has 0 unspecified atom stereocenters. The zero-order chi connectivity index (χ0) is 24.3. The van der Waals surface area contributed by atoms with Gasteiger partial charge in [-0.25, -0.2) is 24.6 Å². The van der Waals surface area contributed by atoms with Crippen LogP contribution in [-0.2, 0) is 5.54 Å². The Kier molecular flexibility index (Phi) is 5.10. The van der Waals surface area contributed by atoms with E-state index in [0.717, 1.165) is 55.8 Å². The Morgan fingerprint density at radius 2 is 1.80 bits per heavy atom. The van der Waals surface area contributed by atoms with Gasteiger partial charge in [-0.3, -0.25) is 0 Å². The van der Waals surface area contributed by atoms with Crippen molar-refractivity contribution in [3.05, 3.63) is 29.5 Å². The summed E-state index contributed by atoms with van der Waals surface area (Å²) in [5.74, 6) is 2.61. The van der Waals surface area contributed by atoms with Crippen molar-refractivity contribution in [3.8, 4) is 22.8 Å². The zero-order valence-corrected chi connectivity index (χ0v) is 20.7. The largest absolute Gasteiger partial charge is 0.383 e. The van der Waals surface area contributed by atoms with Crippen molar-refractivity contribution in [3.63, 3.8) is 0 Å². The molecule has 4 aromatic rings. The molecule has 0 atom stereocenters. The Morgan fingerprint density at radius 1 is 1.03 bits per heavy atom. The molecule has 1 aliphatic carbocycles. The average molecular weight is 474 g/mol. The SMILES string of the molecule is Cc1nc(-c2c(-c3nn(C(C)(C)C)c4ncnc(N)c34)noc2C2CC2)ncc1C1CCNCC1. The van der Waals surface area contributed by atoms with Gasteiger partial charge in [0.15, 0.2) is 17.2 Å². The lowest BCUT2D eigenvalue weighted by Gasteiger charge is -2.23. The van der Waals surface area contributed by atoms with Crippen molar-refractivity contribution in [2.75, 3.05) is 18.8 Å². The minimum Gasteiger partial charge on any atom is -0.383 e. The number of fused-ring (bicyclic) bond motifs is 1. The van der Waals surface area contributed by atoms with Gasteiger partial charge in [0.25, 0.3) is 0 Å². The summed E-state index contributed by atoms with van der Waals surface area (Å²) in [6.45, 7) is 10.4. The Morgan fingerprint density at radius 3 is 2.49 bits per heavy atom. The lowest BCUT2D eigenvalue weighted by atomic mass is 9.90. The van der Waals surface area contributed by atoms with Gasteiger partial charge in [-0.2, -0.15) is 5.10 Å². The zero-order valence-electron chi connectivity index (χ0n) is 20.7. The van der Waals surface area contributed by atoms with Crippen LogP contribution in [0.4, 0.5) is 5.82 Å². The lowest BCUT2D eigenvalue weighted by Crippen LogP contribution is -2.27. The van der Waals surface area contributed by atoms with Crippen molar-refractivity contribution >= 4 is 16.9 Å². The molecule has 182 valence electrons. The maximum absolute atomic E-state index is 6.35. The summed E-state index contributed by atoms with van der Waals surface area (Å²) < 4.78 is 7.80. The molecule has 35 heavy (non-hydrogen) atoms. The van der Waals surface area contributed by atoms with Gasteiger partial charge in [0, 0.05) is 17.8 Å². The molecule has 3 N–H and O–H groups in total.